The summed E-state index contributed by atoms with van der Waals surface area (Å²) in [5.41, 5.74) is 1.35. The van der Waals surface area contributed by atoms with E-state index in [-0.39, 0.29) is 12.1 Å². The second-order valence-electron chi connectivity index (χ2n) is 9.14. The molecular formula is C27H32N2O8. The lowest BCUT2D eigenvalue weighted by molar-refractivity contribution is -0.176. The lowest BCUT2D eigenvalue weighted by Gasteiger charge is -2.29. The SMILES string of the molecule is COc1ccnc(C(=O)N[C@H]2COC(=O)[C@H](Cc3ccccc3)[C@@H](OC(=O)C(C)C)[C@H](C)OC2=O)c1C. The molecule has 0 saturated carbocycles. The van der Waals surface area contributed by atoms with Crippen molar-refractivity contribution in [2.45, 2.75) is 52.4 Å². The highest BCUT2D eigenvalue weighted by molar-refractivity contribution is 5.97. The van der Waals surface area contributed by atoms with Crippen LogP contribution in [0.2, 0.25) is 0 Å². The maximum atomic E-state index is 13.3. The number of cyclic esters (lactones) is 2. The second-order valence-corrected chi connectivity index (χ2v) is 9.14. The average Bonchev–Trinajstić information content (AvgIpc) is 2.91. The molecule has 3 rings (SSSR count). The van der Waals surface area contributed by atoms with E-state index in [9.17, 15) is 19.2 Å². The van der Waals surface area contributed by atoms with E-state index in [1.54, 1.807) is 33.8 Å². The van der Waals surface area contributed by atoms with E-state index in [4.69, 9.17) is 18.9 Å². The van der Waals surface area contributed by atoms with Gasteiger partial charge < -0.3 is 24.3 Å². The summed E-state index contributed by atoms with van der Waals surface area (Å²) in [5.74, 6) is -3.66. The normalized spacial score (nSPS) is 22.1. The number of nitrogens with one attached hydrogen (secondary N) is 1. The van der Waals surface area contributed by atoms with Crippen LogP contribution < -0.4 is 10.1 Å². The molecule has 10 heteroatoms. The van der Waals surface area contributed by atoms with Crippen molar-refractivity contribution in [1.82, 2.24) is 10.3 Å². The van der Waals surface area contributed by atoms with E-state index in [0.29, 0.717) is 11.3 Å². The topological polar surface area (TPSA) is 130 Å². The molecule has 1 saturated heterocycles. The van der Waals surface area contributed by atoms with Crippen molar-refractivity contribution in [1.29, 1.82) is 0 Å². The van der Waals surface area contributed by atoms with E-state index >= 15 is 0 Å². The smallest absolute Gasteiger partial charge is 0.332 e. The van der Waals surface area contributed by atoms with Gasteiger partial charge in [-0.15, -0.1) is 0 Å². The van der Waals surface area contributed by atoms with Crippen molar-refractivity contribution in [2.24, 2.45) is 11.8 Å². The fourth-order valence-corrected chi connectivity index (χ4v) is 3.95. The Balaban J connectivity index is 1.87. The number of pyridine rings is 1. The average molecular weight is 513 g/mol. The van der Waals surface area contributed by atoms with Gasteiger partial charge in [0, 0.05) is 11.8 Å². The van der Waals surface area contributed by atoms with E-state index in [2.05, 4.69) is 10.3 Å². The van der Waals surface area contributed by atoms with Crippen molar-refractivity contribution in [3.63, 3.8) is 0 Å². The third kappa shape index (κ3) is 6.84. The Kier molecular flexibility index (Phi) is 9.21. The summed E-state index contributed by atoms with van der Waals surface area (Å²) in [7, 11) is 1.47. The van der Waals surface area contributed by atoms with Crippen LogP contribution in [0, 0.1) is 18.8 Å². The van der Waals surface area contributed by atoms with Crippen LogP contribution in [0.25, 0.3) is 0 Å². The van der Waals surface area contributed by atoms with Crippen LogP contribution in [0.5, 0.6) is 5.75 Å². The van der Waals surface area contributed by atoms with Gasteiger partial charge in [-0.3, -0.25) is 19.4 Å². The molecule has 2 heterocycles. The molecule has 198 valence electrons. The first kappa shape index (κ1) is 27.6. The zero-order valence-corrected chi connectivity index (χ0v) is 21.6. The summed E-state index contributed by atoms with van der Waals surface area (Å²) in [6, 6.07) is 9.48. The standard InChI is InChI=1S/C27H32N2O8/c1-15(2)25(31)37-23-17(4)36-27(33)20(29-24(30)22-16(3)21(34-5)11-12-28-22)14-35-26(32)19(23)13-18-9-7-6-8-10-18/h6-12,15,17,19-20,23H,13-14H2,1-5H3,(H,29,30)/t17-,19+,20-,23-/m0/s1. The first-order valence-corrected chi connectivity index (χ1v) is 12.0. The molecule has 0 unspecified atom stereocenters. The Bertz CT molecular complexity index is 1130. The van der Waals surface area contributed by atoms with Crippen molar-refractivity contribution in [2.75, 3.05) is 13.7 Å². The number of rotatable bonds is 7. The number of hydrogen-bond acceptors (Lipinski definition) is 9. The third-order valence-electron chi connectivity index (χ3n) is 6.06. The molecule has 1 N–H and O–H groups in total. The van der Waals surface area contributed by atoms with Crippen molar-refractivity contribution < 1.29 is 38.1 Å². The maximum Gasteiger partial charge on any atom is 0.332 e. The van der Waals surface area contributed by atoms with Gasteiger partial charge in [-0.2, -0.15) is 0 Å². The number of esters is 3. The molecule has 10 nitrogen and oxygen atoms in total. The molecule has 0 radical (unpaired) electrons. The van der Waals surface area contributed by atoms with Gasteiger partial charge in [-0.1, -0.05) is 44.2 Å². The number of amides is 1. The Labute approximate surface area is 215 Å². The van der Waals surface area contributed by atoms with Crippen molar-refractivity contribution in [3.05, 3.63) is 59.4 Å². The summed E-state index contributed by atoms with van der Waals surface area (Å²) < 4.78 is 22.0. The minimum atomic E-state index is -1.30. The van der Waals surface area contributed by atoms with E-state index in [1.165, 1.54) is 13.3 Å². The number of carbonyl (C=O) groups excluding carboxylic acids is 4. The van der Waals surface area contributed by atoms with Gasteiger partial charge in [-0.05, 0) is 31.9 Å². The molecule has 4 atom stereocenters. The Morgan fingerprint density at radius 3 is 2.49 bits per heavy atom. The van der Waals surface area contributed by atoms with Crippen LogP contribution in [-0.4, -0.2) is 60.8 Å². The van der Waals surface area contributed by atoms with Gasteiger partial charge >= 0.3 is 17.9 Å². The number of carbonyl (C=O) groups is 4. The fourth-order valence-electron chi connectivity index (χ4n) is 3.95. The predicted molar refractivity (Wildman–Crippen MR) is 132 cm³/mol. The maximum absolute atomic E-state index is 13.3. The highest BCUT2D eigenvalue weighted by atomic mass is 16.6. The van der Waals surface area contributed by atoms with Crippen LogP contribution in [0.4, 0.5) is 0 Å². The molecule has 1 aliphatic rings. The van der Waals surface area contributed by atoms with Crippen LogP contribution in [0.15, 0.2) is 42.6 Å². The molecule has 37 heavy (non-hydrogen) atoms. The van der Waals surface area contributed by atoms with Gasteiger partial charge in [0.05, 0.1) is 13.0 Å². The summed E-state index contributed by atoms with van der Waals surface area (Å²) >= 11 is 0. The quantitative estimate of drug-likeness (QED) is 0.439. The number of nitrogens with zero attached hydrogens (tertiary/aromatic N) is 1. The van der Waals surface area contributed by atoms with Gasteiger partial charge in [0.25, 0.3) is 5.91 Å². The highest BCUT2D eigenvalue weighted by Crippen LogP contribution is 2.25. The van der Waals surface area contributed by atoms with Gasteiger partial charge in [0.1, 0.15) is 30.1 Å². The minimum absolute atomic E-state index is 0.0529. The molecule has 1 aromatic heterocycles. The molecule has 0 spiro atoms. The van der Waals surface area contributed by atoms with Crippen molar-refractivity contribution in [3.8, 4) is 5.75 Å². The zero-order valence-electron chi connectivity index (χ0n) is 21.6. The van der Waals surface area contributed by atoms with Crippen LogP contribution in [0.1, 0.15) is 42.4 Å². The van der Waals surface area contributed by atoms with Gasteiger partial charge in [0.15, 0.2) is 12.1 Å². The molecule has 1 aliphatic heterocycles. The molecule has 0 aliphatic carbocycles. The van der Waals surface area contributed by atoms with Gasteiger partial charge in [0.2, 0.25) is 0 Å². The second kappa shape index (κ2) is 12.3. The first-order valence-electron chi connectivity index (χ1n) is 12.0. The lowest BCUT2D eigenvalue weighted by Crippen LogP contribution is -2.47. The van der Waals surface area contributed by atoms with Crippen molar-refractivity contribution >= 4 is 23.8 Å². The first-order chi connectivity index (χ1) is 17.6. The molecule has 1 amide bonds. The molecule has 0 bridgehead atoms. The van der Waals surface area contributed by atoms with E-state index in [0.717, 1.165) is 5.56 Å². The largest absolute Gasteiger partial charge is 0.496 e. The lowest BCUT2D eigenvalue weighted by atomic mass is 9.91. The number of aromatic nitrogens is 1. The van der Waals surface area contributed by atoms with E-state index < -0.39 is 60.5 Å². The third-order valence-corrected chi connectivity index (χ3v) is 6.06. The minimum Gasteiger partial charge on any atom is -0.496 e. The Hall–Kier alpha value is -3.95. The fraction of sp³-hybridized carbons (Fsp3) is 0.444. The Morgan fingerprint density at radius 2 is 1.84 bits per heavy atom. The van der Waals surface area contributed by atoms with E-state index in [1.807, 2.05) is 30.3 Å². The summed E-state index contributed by atoms with van der Waals surface area (Å²) in [5, 5.41) is 2.54. The summed E-state index contributed by atoms with van der Waals surface area (Å²) in [4.78, 5) is 55.8. The highest BCUT2D eigenvalue weighted by Gasteiger charge is 2.42. The number of ether oxygens (including phenoxy) is 4. The van der Waals surface area contributed by atoms with Gasteiger partial charge in [-0.25, -0.2) is 4.79 Å². The predicted octanol–water partition coefficient (Wildman–Crippen LogP) is 2.41. The molecule has 1 fully saturated rings. The monoisotopic (exact) mass is 512 g/mol. The Morgan fingerprint density at radius 1 is 1.14 bits per heavy atom. The van der Waals surface area contributed by atoms with Crippen LogP contribution in [-0.2, 0) is 35.0 Å². The summed E-state index contributed by atoms with van der Waals surface area (Å²) in [6.07, 6.45) is -0.484. The van der Waals surface area contributed by atoms with Crippen LogP contribution >= 0.6 is 0 Å². The number of hydrogen-bond donors (Lipinski definition) is 1. The molecule has 2 aromatic rings. The summed E-state index contributed by atoms with van der Waals surface area (Å²) in [6.45, 7) is 6.07. The van der Waals surface area contributed by atoms with Crippen LogP contribution in [0.3, 0.4) is 0 Å². The molecule has 1 aromatic carbocycles. The number of methoxy groups -OCH3 is 1. The number of benzene rings is 1. The zero-order chi connectivity index (χ0) is 27.1. The molecular weight excluding hydrogens is 480 g/mol.